The summed E-state index contributed by atoms with van der Waals surface area (Å²) >= 11 is 0. The van der Waals surface area contributed by atoms with Gasteiger partial charge in [-0.05, 0) is 38.1 Å². The first-order valence-corrected chi connectivity index (χ1v) is 8.17. The minimum absolute atomic E-state index is 0.140. The minimum atomic E-state index is -0.168. The zero-order valence-corrected chi connectivity index (χ0v) is 13.3. The maximum atomic E-state index is 6.20. The van der Waals surface area contributed by atoms with Gasteiger partial charge in [0.05, 0.1) is 11.6 Å². The molecule has 0 radical (unpaired) electrons. The molecular formula is C16H31NO3. The highest BCUT2D eigenvalue weighted by Crippen LogP contribution is 2.42. The van der Waals surface area contributed by atoms with Gasteiger partial charge in [0, 0.05) is 20.8 Å². The number of hydrogen-bond acceptors (Lipinski definition) is 4. The maximum absolute atomic E-state index is 6.20. The van der Waals surface area contributed by atoms with Crippen LogP contribution in [0.15, 0.2) is 0 Å². The molecule has 1 saturated carbocycles. The summed E-state index contributed by atoms with van der Waals surface area (Å²) in [5, 5.41) is 3.57. The zero-order valence-electron chi connectivity index (χ0n) is 13.3. The van der Waals surface area contributed by atoms with E-state index in [1.54, 1.807) is 14.2 Å². The predicted octanol–water partition coefficient (Wildman–Crippen LogP) is 2.71. The van der Waals surface area contributed by atoms with E-state index in [2.05, 4.69) is 12.2 Å². The van der Waals surface area contributed by atoms with Crippen LogP contribution in [0.2, 0.25) is 0 Å². The summed E-state index contributed by atoms with van der Waals surface area (Å²) < 4.78 is 17.2. The molecule has 4 heteroatoms. The van der Waals surface area contributed by atoms with E-state index in [4.69, 9.17) is 14.2 Å². The molecule has 2 unspecified atom stereocenters. The van der Waals surface area contributed by atoms with E-state index in [1.807, 2.05) is 0 Å². The quantitative estimate of drug-likeness (QED) is 0.762. The van der Waals surface area contributed by atoms with Gasteiger partial charge in [-0.1, -0.05) is 26.2 Å². The minimum Gasteiger partial charge on any atom is -0.375 e. The molecule has 0 bridgehead atoms. The molecular weight excluding hydrogens is 254 g/mol. The van der Waals surface area contributed by atoms with Gasteiger partial charge in [0.15, 0.2) is 6.29 Å². The summed E-state index contributed by atoms with van der Waals surface area (Å²) in [6.45, 7) is 3.97. The van der Waals surface area contributed by atoms with Crippen LogP contribution in [0, 0.1) is 5.92 Å². The Bertz CT molecular complexity index is 269. The summed E-state index contributed by atoms with van der Waals surface area (Å²) in [6, 6.07) is 0.262. The standard InChI is InChI=1S/C16H31NO3/c1-4-17-14(15(18-2)19-3)13-8-11-20-16(12-13)9-6-5-7-10-16/h13-15,17H,4-12H2,1-3H3. The number of rotatable bonds is 6. The van der Waals surface area contributed by atoms with Gasteiger partial charge in [0.25, 0.3) is 0 Å². The van der Waals surface area contributed by atoms with Crippen LogP contribution in [0.1, 0.15) is 51.9 Å². The third-order valence-corrected chi connectivity index (χ3v) is 5.00. The van der Waals surface area contributed by atoms with Crippen LogP contribution in [0.25, 0.3) is 0 Å². The van der Waals surface area contributed by atoms with Gasteiger partial charge < -0.3 is 19.5 Å². The van der Waals surface area contributed by atoms with Crippen LogP contribution in [0.4, 0.5) is 0 Å². The Hall–Kier alpha value is -0.160. The molecule has 1 heterocycles. The molecule has 1 saturated heterocycles. The highest BCUT2D eigenvalue weighted by Gasteiger charge is 2.42. The third kappa shape index (κ3) is 3.73. The first-order chi connectivity index (χ1) is 9.74. The molecule has 2 atom stereocenters. The van der Waals surface area contributed by atoms with Crippen LogP contribution < -0.4 is 5.32 Å². The topological polar surface area (TPSA) is 39.7 Å². The molecule has 1 aliphatic heterocycles. The van der Waals surface area contributed by atoms with E-state index in [9.17, 15) is 0 Å². The Kier molecular flexibility index (Phi) is 6.27. The van der Waals surface area contributed by atoms with Gasteiger partial charge in [-0.25, -0.2) is 0 Å². The lowest BCUT2D eigenvalue weighted by Crippen LogP contribution is -2.53. The summed E-state index contributed by atoms with van der Waals surface area (Å²) in [6.07, 6.45) is 8.54. The Labute approximate surface area is 123 Å². The molecule has 0 aromatic heterocycles. The van der Waals surface area contributed by atoms with Crippen LogP contribution in [-0.4, -0.2) is 45.3 Å². The van der Waals surface area contributed by atoms with Crippen molar-refractivity contribution in [3.05, 3.63) is 0 Å². The molecule has 118 valence electrons. The number of methoxy groups -OCH3 is 2. The van der Waals surface area contributed by atoms with Crippen LogP contribution in [-0.2, 0) is 14.2 Å². The SMILES string of the molecule is CCNC(C1CCOC2(CCCCC2)C1)C(OC)OC. The Morgan fingerprint density at radius 1 is 1.20 bits per heavy atom. The number of ether oxygens (including phenoxy) is 3. The lowest BCUT2D eigenvalue weighted by Gasteiger charge is -2.46. The maximum Gasteiger partial charge on any atom is 0.172 e. The molecule has 0 aromatic carbocycles. The van der Waals surface area contributed by atoms with Crippen LogP contribution in [0.3, 0.4) is 0 Å². The average Bonchev–Trinajstić information content (AvgIpc) is 2.48. The molecule has 0 aromatic rings. The largest absolute Gasteiger partial charge is 0.375 e. The van der Waals surface area contributed by atoms with Gasteiger partial charge in [0.1, 0.15) is 0 Å². The zero-order chi connectivity index (χ0) is 14.4. The van der Waals surface area contributed by atoms with Gasteiger partial charge in [-0.3, -0.25) is 0 Å². The normalized spacial score (nSPS) is 27.9. The molecule has 2 rings (SSSR count). The highest BCUT2D eigenvalue weighted by atomic mass is 16.7. The number of hydrogen-bond donors (Lipinski definition) is 1. The van der Waals surface area contributed by atoms with Crippen molar-refractivity contribution in [3.63, 3.8) is 0 Å². The molecule has 20 heavy (non-hydrogen) atoms. The Morgan fingerprint density at radius 2 is 1.90 bits per heavy atom. The fourth-order valence-electron chi connectivity index (χ4n) is 4.03. The van der Waals surface area contributed by atoms with Crippen molar-refractivity contribution in [1.29, 1.82) is 0 Å². The average molecular weight is 285 g/mol. The van der Waals surface area contributed by atoms with Gasteiger partial charge in [0.2, 0.25) is 0 Å². The monoisotopic (exact) mass is 285 g/mol. The van der Waals surface area contributed by atoms with Crippen molar-refractivity contribution in [3.8, 4) is 0 Å². The first-order valence-electron chi connectivity index (χ1n) is 8.17. The molecule has 1 N–H and O–H groups in total. The molecule has 2 fully saturated rings. The van der Waals surface area contributed by atoms with Crippen molar-refractivity contribution >= 4 is 0 Å². The third-order valence-electron chi connectivity index (χ3n) is 5.00. The van der Waals surface area contributed by atoms with E-state index in [0.717, 1.165) is 26.0 Å². The molecule has 2 aliphatic rings. The van der Waals surface area contributed by atoms with Gasteiger partial charge in [-0.2, -0.15) is 0 Å². The lowest BCUT2D eigenvalue weighted by molar-refractivity contribution is -0.164. The molecule has 1 spiro atoms. The van der Waals surface area contributed by atoms with Crippen molar-refractivity contribution < 1.29 is 14.2 Å². The molecule has 0 amide bonds. The predicted molar refractivity (Wildman–Crippen MR) is 79.8 cm³/mol. The summed E-state index contributed by atoms with van der Waals surface area (Å²) in [5.41, 5.74) is 0.140. The van der Waals surface area contributed by atoms with Crippen molar-refractivity contribution in [1.82, 2.24) is 5.32 Å². The van der Waals surface area contributed by atoms with Gasteiger partial charge in [-0.15, -0.1) is 0 Å². The van der Waals surface area contributed by atoms with E-state index in [0.29, 0.717) is 5.92 Å². The molecule has 4 nitrogen and oxygen atoms in total. The van der Waals surface area contributed by atoms with E-state index in [1.165, 1.54) is 32.1 Å². The molecule has 1 aliphatic carbocycles. The van der Waals surface area contributed by atoms with E-state index in [-0.39, 0.29) is 17.9 Å². The first kappa shape index (κ1) is 16.2. The Morgan fingerprint density at radius 3 is 2.50 bits per heavy atom. The lowest BCUT2D eigenvalue weighted by atomic mass is 9.74. The Balaban J connectivity index is 2.04. The fraction of sp³-hybridized carbons (Fsp3) is 1.00. The van der Waals surface area contributed by atoms with Gasteiger partial charge >= 0.3 is 0 Å². The van der Waals surface area contributed by atoms with E-state index >= 15 is 0 Å². The fourth-order valence-corrected chi connectivity index (χ4v) is 4.03. The smallest absolute Gasteiger partial charge is 0.172 e. The second-order valence-corrected chi connectivity index (χ2v) is 6.27. The summed E-state index contributed by atoms with van der Waals surface area (Å²) in [7, 11) is 3.46. The van der Waals surface area contributed by atoms with Crippen molar-refractivity contribution in [2.24, 2.45) is 5.92 Å². The second kappa shape index (κ2) is 7.74. The summed E-state index contributed by atoms with van der Waals surface area (Å²) in [4.78, 5) is 0. The van der Waals surface area contributed by atoms with Crippen LogP contribution >= 0.6 is 0 Å². The second-order valence-electron chi connectivity index (χ2n) is 6.27. The summed E-state index contributed by atoms with van der Waals surface area (Å²) in [5.74, 6) is 0.576. The highest BCUT2D eigenvalue weighted by molar-refractivity contribution is 4.94. The van der Waals surface area contributed by atoms with Crippen molar-refractivity contribution in [2.75, 3.05) is 27.4 Å². The number of nitrogens with one attached hydrogen (secondary N) is 1. The number of likely N-dealkylation sites (N-methyl/N-ethyl adjacent to an activating group) is 1. The van der Waals surface area contributed by atoms with Crippen LogP contribution in [0.5, 0.6) is 0 Å². The van der Waals surface area contributed by atoms with Crippen molar-refractivity contribution in [2.45, 2.75) is 69.8 Å². The van der Waals surface area contributed by atoms with E-state index < -0.39 is 0 Å².